The lowest BCUT2D eigenvalue weighted by molar-refractivity contribution is -0.132. The Labute approximate surface area is 198 Å². The van der Waals surface area contributed by atoms with E-state index in [0.29, 0.717) is 0 Å². The van der Waals surface area contributed by atoms with Crippen LogP contribution in [-0.2, 0) is 4.79 Å². The van der Waals surface area contributed by atoms with Crippen LogP contribution in [0.1, 0.15) is 128 Å². The fraction of sp³-hybridized carbons (Fsp3) is 0.690. The molecule has 0 fully saturated rings. The number of carboxylic acids is 1. The molecule has 0 aliphatic carbocycles. The summed E-state index contributed by atoms with van der Waals surface area (Å²) < 4.78 is 0. The van der Waals surface area contributed by atoms with Gasteiger partial charge in [0.1, 0.15) is 0 Å². The largest absolute Gasteiger partial charge is 0.478 e. The number of hydrogen-bond donors (Lipinski definition) is 2. The molecule has 1 aromatic rings. The van der Waals surface area contributed by atoms with E-state index >= 15 is 0 Å². The van der Waals surface area contributed by atoms with E-state index in [1.165, 1.54) is 103 Å². The normalized spacial score (nSPS) is 11.9. The maximum atomic E-state index is 11.1. The predicted octanol–water partition coefficient (Wildman–Crippen LogP) is 9.10. The van der Waals surface area contributed by atoms with E-state index < -0.39 is 5.97 Å². The minimum atomic E-state index is -0.928. The van der Waals surface area contributed by atoms with E-state index in [-0.39, 0.29) is 11.5 Å². The first-order valence-corrected chi connectivity index (χ1v) is 13.3. The average Bonchev–Trinajstić information content (AvgIpc) is 2.80. The maximum absolute atomic E-state index is 11.1. The molecule has 0 aromatic heterocycles. The molecule has 1 unspecified atom stereocenters. The van der Waals surface area contributed by atoms with Gasteiger partial charge in [0, 0.05) is 23.7 Å². The Kier molecular flexibility index (Phi) is 16.6. The van der Waals surface area contributed by atoms with Gasteiger partial charge in [-0.15, -0.1) is 0 Å². The lowest BCUT2D eigenvalue weighted by atomic mass is 9.94. The van der Waals surface area contributed by atoms with Crippen LogP contribution in [0.25, 0.3) is 0 Å². The van der Waals surface area contributed by atoms with E-state index in [1.54, 1.807) is 0 Å². The molecule has 0 heterocycles. The molecular formula is C29H49NO2. The van der Waals surface area contributed by atoms with E-state index in [4.69, 9.17) is 5.11 Å². The van der Waals surface area contributed by atoms with Crippen molar-refractivity contribution in [2.45, 2.75) is 122 Å². The minimum Gasteiger partial charge on any atom is -0.478 e. The van der Waals surface area contributed by atoms with Gasteiger partial charge in [0.2, 0.25) is 0 Å². The lowest BCUT2D eigenvalue weighted by Gasteiger charge is -2.13. The third-order valence-electron chi connectivity index (χ3n) is 6.57. The Bertz CT molecular complexity index is 608. The molecule has 3 nitrogen and oxygen atoms in total. The Morgan fingerprint density at radius 2 is 1.19 bits per heavy atom. The van der Waals surface area contributed by atoms with E-state index in [1.807, 2.05) is 31.2 Å². The Morgan fingerprint density at radius 1 is 0.781 bits per heavy atom. The first-order chi connectivity index (χ1) is 15.6. The molecule has 2 N–H and O–H groups in total. The number of aliphatic carboxylic acids is 1. The molecule has 0 spiro atoms. The van der Waals surface area contributed by atoms with Crippen LogP contribution >= 0.6 is 0 Å². The molecule has 0 bridgehead atoms. The van der Waals surface area contributed by atoms with Crippen LogP contribution in [0, 0.1) is 0 Å². The Morgan fingerprint density at radius 3 is 1.59 bits per heavy atom. The first kappa shape index (κ1) is 28.3. The van der Waals surface area contributed by atoms with E-state index in [9.17, 15) is 4.79 Å². The molecule has 0 radical (unpaired) electrons. The van der Waals surface area contributed by atoms with Crippen molar-refractivity contribution in [1.29, 1.82) is 0 Å². The molecule has 0 amide bonds. The zero-order valence-corrected chi connectivity index (χ0v) is 21.0. The standard InChI is InChI=1S/C29H49NO2/c1-4-5-6-7-8-9-10-11-12-13-14-15-16-17-18-19-24-30-28-22-20-27(21-23-28)25(2)26(3)29(31)32/h20-23,25,30H,3-19,24H2,1-2H3,(H,31,32). The molecule has 3 heteroatoms. The zero-order valence-electron chi connectivity index (χ0n) is 21.0. The summed E-state index contributed by atoms with van der Waals surface area (Å²) in [6, 6.07) is 8.06. The van der Waals surface area contributed by atoms with Crippen molar-refractivity contribution in [3.8, 4) is 0 Å². The topological polar surface area (TPSA) is 49.3 Å². The number of anilines is 1. The SMILES string of the molecule is C=C(C(=O)O)C(C)c1ccc(NCCCCCCCCCCCCCCCCCC)cc1. The molecule has 182 valence electrons. The van der Waals surface area contributed by atoms with Crippen molar-refractivity contribution >= 4 is 11.7 Å². The first-order valence-electron chi connectivity index (χ1n) is 13.3. The monoisotopic (exact) mass is 443 g/mol. The van der Waals surface area contributed by atoms with Gasteiger partial charge in [-0.25, -0.2) is 4.79 Å². The molecule has 1 aromatic carbocycles. The number of rotatable bonds is 21. The van der Waals surface area contributed by atoms with Crippen LogP contribution < -0.4 is 5.32 Å². The Balaban J connectivity index is 1.92. The van der Waals surface area contributed by atoms with Gasteiger partial charge >= 0.3 is 5.97 Å². The number of carboxylic acid groups (broad SMARTS) is 1. The molecule has 0 saturated heterocycles. The maximum Gasteiger partial charge on any atom is 0.331 e. The third-order valence-corrected chi connectivity index (χ3v) is 6.57. The van der Waals surface area contributed by atoms with Crippen molar-refractivity contribution in [2.24, 2.45) is 0 Å². The summed E-state index contributed by atoms with van der Waals surface area (Å²) in [6.45, 7) is 8.83. The van der Waals surface area contributed by atoms with Gasteiger partial charge in [0.15, 0.2) is 0 Å². The molecular weight excluding hydrogens is 394 g/mol. The lowest BCUT2D eigenvalue weighted by Crippen LogP contribution is -2.07. The van der Waals surface area contributed by atoms with Gasteiger partial charge < -0.3 is 10.4 Å². The van der Waals surface area contributed by atoms with Crippen molar-refractivity contribution in [3.05, 3.63) is 42.0 Å². The second-order valence-electron chi connectivity index (χ2n) is 9.40. The third kappa shape index (κ3) is 13.6. The van der Waals surface area contributed by atoms with E-state index in [0.717, 1.165) is 17.8 Å². The summed E-state index contributed by atoms with van der Waals surface area (Å²) in [5.41, 5.74) is 2.33. The molecule has 0 aliphatic heterocycles. The van der Waals surface area contributed by atoms with Crippen LogP contribution in [-0.4, -0.2) is 17.6 Å². The fourth-order valence-corrected chi connectivity index (χ4v) is 4.18. The summed E-state index contributed by atoms with van der Waals surface area (Å²) >= 11 is 0. The molecule has 0 saturated carbocycles. The highest BCUT2D eigenvalue weighted by Gasteiger charge is 2.15. The van der Waals surface area contributed by atoms with E-state index in [2.05, 4.69) is 18.8 Å². The highest BCUT2D eigenvalue weighted by molar-refractivity contribution is 5.87. The highest BCUT2D eigenvalue weighted by atomic mass is 16.4. The minimum absolute atomic E-state index is 0.165. The second kappa shape index (κ2) is 18.8. The highest BCUT2D eigenvalue weighted by Crippen LogP contribution is 2.24. The summed E-state index contributed by atoms with van der Waals surface area (Å²) in [6.07, 6.45) is 22.3. The molecule has 1 atom stereocenters. The van der Waals surface area contributed by atoms with Crippen molar-refractivity contribution in [3.63, 3.8) is 0 Å². The van der Waals surface area contributed by atoms with Crippen LogP contribution in [0.3, 0.4) is 0 Å². The van der Waals surface area contributed by atoms with Crippen LogP contribution in [0.15, 0.2) is 36.4 Å². The average molecular weight is 444 g/mol. The quantitative estimate of drug-likeness (QED) is 0.147. The summed E-state index contributed by atoms with van der Waals surface area (Å²) in [7, 11) is 0. The van der Waals surface area contributed by atoms with Crippen LogP contribution in [0.4, 0.5) is 5.69 Å². The summed E-state index contributed by atoms with van der Waals surface area (Å²) in [5, 5.41) is 12.5. The number of hydrogen-bond acceptors (Lipinski definition) is 2. The molecule has 32 heavy (non-hydrogen) atoms. The number of benzene rings is 1. The number of nitrogens with one attached hydrogen (secondary N) is 1. The van der Waals surface area contributed by atoms with Crippen molar-refractivity contribution in [1.82, 2.24) is 0 Å². The number of carbonyl (C=O) groups is 1. The fourth-order valence-electron chi connectivity index (χ4n) is 4.18. The van der Waals surface area contributed by atoms with Gasteiger partial charge in [0.05, 0.1) is 0 Å². The Hall–Kier alpha value is -1.77. The molecule has 0 aliphatic rings. The van der Waals surface area contributed by atoms with Crippen LogP contribution in [0.5, 0.6) is 0 Å². The van der Waals surface area contributed by atoms with Gasteiger partial charge in [0.25, 0.3) is 0 Å². The number of unbranched alkanes of at least 4 members (excludes halogenated alkanes) is 15. The van der Waals surface area contributed by atoms with Gasteiger partial charge in [-0.2, -0.15) is 0 Å². The van der Waals surface area contributed by atoms with Gasteiger partial charge in [-0.05, 0) is 24.1 Å². The van der Waals surface area contributed by atoms with Crippen molar-refractivity contribution < 1.29 is 9.90 Å². The van der Waals surface area contributed by atoms with Gasteiger partial charge in [-0.1, -0.05) is 129 Å². The smallest absolute Gasteiger partial charge is 0.331 e. The molecule has 1 rings (SSSR count). The predicted molar refractivity (Wildman–Crippen MR) is 140 cm³/mol. The van der Waals surface area contributed by atoms with Gasteiger partial charge in [-0.3, -0.25) is 0 Å². The summed E-state index contributed by atoms with van der Waals surface area (Å²) in [4.78, 5) is 11.1. The van der Waals surface area contributed by atoms with Crippen molar-refractivity contribution in [2.75, 3.05) is 11.9 Å². The second-order valence-corrected chi connectivity index (χ2v) is 9.40. The zero-order chi connectivity index (χ0) is 23.4. The van der Waals surface area contributed by atoms with Crippen LogP contribution in [0.2, 0.25) is 0 Å². The summed E-state index contributed by atoms with van der Waals surface area (Å²) in [5.74, 6) is -1.09.